The van der Waals surface area contributed by atoms with Gasteiger partial charge in [0, 0.05) is 5.56 Å². The lowest BCUT2D eigenvalue weighted by Gasteiger charge is -2.09. The van der Waals surface area contributed by atoms with E-state index in [1.807, 2.05) is 37.3 Å². The lowest BCUT2D eigenvalue weighted by molar-refractivity contribution is -0.118. The van der Waals surface area contributed by atoms with Crippen molar-refractivity contribution < 1.29 is 19.1 Å². The molecule has 1 aliphatic heterocycles. The van der Waals surface area contributed by atoms with Crippen LogP contribution in [0.25, 0.3) is 10.2 Å². The first kappa shape index (κ1) is 16.5. The second-order valence-electron chi connectivity index (χ2n) is 5.82. The number of ether oxygens (including phenoxy) is 2. The molecule has 0 radical (unpaired) electrons. The van der Waals surface area contributed by atoms with Crippen LogP contribution in [0.4, 0.5) is 5.13 Å². The monoisotopic (exact) mass is 368 g/mol. The summed E-state index contributed by atoms with van der Waals surface area (Å²) in [6.07, 6.45) is -0.499. The fraction of sp³-hybridized carbons (Fsp3) is 0.211. The first-order valence-corrected chi connectivity index (χ1v) is 9.09. The van der Waals surface area contributed by atoms with E-state index in [0.717, 1.165) is 21.5 Å². The summed E-state index contributed by atoms with van der Waals surface area (Å²) in [7, 11) is 0. The van der Waals surface area contributed by atoms with Crippen LogP contribution < -0.4 is 10.1 Å². The first-order valence-electron chi connectivity index (χ1n) is 8.27. The number of aromatic nitrogens is 1. The van der Waals surface area contributed by atoms with Crippen LogP contribution in [0.1, 0.15) is 35.4 Å². The standard InChI is InChI=1S/C19H16N2O4S/c1-2-24-11-7-8-14-16(9-11)26-19(20-14)21-17(22)10-15-12-5-3-4-6-13(12)18(23)25-15/h3-9,15H,2,10H2,1H3,(H,20,21,22)/t15-/m0/s1. The fourth-order valence-electron chi connectivity index (χ4n) is 2.93. The van der Waals surface area contributed by atoms with Crippen LogP contribution >= 0.6 is 11.3 Å². The molecular weight excluding hydrogens is 352 g/mol. The average Bonchev–Trinajstić information content (AvgIpc) is 3.16. The Morgan fingerprint density at radius 1 is 1.31 bits per heavy atom. The van der Waals surface area contributed by atoms with E-state index in [2.05, 4.69) is 10.3 Å². The highest BCUT2D eigenvalue weighted by atomic mass is 32.1. The fourth-order valence-corrected chi connectivity index (χ4v) is 3.84. The van der Waals surface area contributed by atoms with Gasteiger partial charge in [-0.25, -0.2) is 9.78 Å². The predicted molar refractivity (Wildman–Crippen MR) is 98.6 cm³/mol. The van der Waals surface area contributed by atoms with Gasteiger partial charge < -0.3 is 14.8 Å². The van der Waals surface area contributed by atoms with Crippen molar-refractivity contribution in [2.24, 2.45) is 0 Å². The molecule has 0 saturated heterocycles. The van der Waals surface area contributed by atoms with E-state index in [1.54, 1.807) is 12.1 Å². The number of hydrogen-bond acceptors (Lipinski definition) is 6. The van der Waals surface area contributed by atoms with Crippen molar-refractivity contribution in [3.05, 3.63) is 53.6 Å². The number of benzene rings is 2. The topological polar surface area (TPSA) is 77.5 Å². The molecule has 4 rings (SSSR count). The van der Waals surface area contributed by atoms with Crippen LogP contribution in [0, 0.1) is 0 Å². The number of esters is 1. The van der Waals surface area contributed by atoms with E-state index in [4.69, 9.17) is 9.47 Å². The van der Waals surface area contributed by atoms with E-state index >= 15 is 0 Å². The van der Waals surface area contributed by atoms with Crippen LogP contribution in [-0.4, -0.2) is 23.5 Å². The minimum absolute atomic E-state index is 0.0584. The number of cyclic esters (lactones) is 1. The largest absolute Gasteiger partial charge is 0.494 e. The van der Waals surface area contributed by atoms with Gasteiger partial charge in [-0.2, -0.15) is 0 Å². The van der Waals surface area contributed by atoms with Gasteiger partial charge in [0.05, 0.1) is 28.8 Å². The summed E-state index contributed by atoms with van der Waals surface area (Å²) in [5.74, 6) is 0.140. The Morgan fingerprint density at radius 3 is 3.00 bits per heavy atom. The number of nitrogens with one attached hydrogen (secondary N) is 1. The normalized spacial score (nSPS) is 15.6. The molecule has 26 heavy (non-hydrogen) atoms. The van der Waals surface area contributed by atoms with Crippen LogP contribution in [0.3, 0.4) is 0 Å². The molecule has 6 nitrogen and oxygen atoms in total. The molecule has 132 valence electrons. The number of thiazole rings is 1. The van der Waals surface area contributed by atoms with Gasteiger partial charge in [-0.1, -0.05) is 29.5 Å². The second-order valence-corrected chi connectivity index (χ2v) is 6.85. The summed E-state index contributed by atoms with van der Waals surface area (Å²) in [6, 6.07) is 12.7. The average molecular weight is 368 g/mol. The molecule has 0 spiro atoms. The van der Waals surface area contributed by atoms with Gasteiger partial charge in [-0.05, 0) is 31.2 Å². The zero-order chi connectivity index (χ0) is 18.1. The number of anilines is 1. The summed E-state index contributed by atoms with van der Waals surface area (Å²) in [6.45, 7) is 2.52. The molecule has 0 unspecified atom stereocenters. The maximum absolute atomic E-state index is 12.4. The molecule has 0 fully saturated rings. The SMILES string of the molecule is CCOc1ccc2nc(NC(=O)C[C@@H]3OC(=O)c4ccccc43)sc2c1. The Bertz CT molecular complexity index is 998. The summed E-state index contributed by atoms with van der Waals surface area (Å²) >= 11 is 1.38. The Morgan fingerprint density at radius 2 is 2.15 bits per heavy atom. The molecule has 2 heterocycles. The van der Waals surface area contributed by atoms with Crippen molar-refractivity contribution in [1.29, 1.82) is 0 Å². The van der Waals surface area contributed by atoms with Crippen LogP contribution in [-0.2, 0) is 9.53 Å². The van der Waals surface area contributed by atoms with Crippen molar-refractivity contribution in [3.8, 4) is 5.75 Å². The number of rotatable bonds is 5. The molecule has 1 aromatic heterocycles. The highest BCUT2D eigenvalue weighted by Crippen LogP contribution is 2.34. The molecule has 1 amide bonds. The van der Waals surface area contributed by atoms with Crippen LogP contribution in [0.5, 0.6) is 5.75 Å². The number of fused-ring (bicyclic) bond motifs is 2. The van der Waals surface area contributed by atoms with Gasteiger partial charge in [0.1, 0.15) is 11.9 Å². The number of carbonyl (C=O) groups excluding carboxylic acids is 2. The zero-order valence-corrected chi connectivity index (χ0v) is 14.8. The molecule has 1 atom stereocenters. The van der Waals surface area contributed by atoms with E-state index in [-0.39, 0.29) is 18.3 Å². The summed E-state index contributed by atoms with van der Waals surface area (Å²) in [5.41, 5.74) is 2.07. The Balaban J connectivity index is 1.47. The van der Waals surface area contributed by atoms with Crippen molar-refractivity contribution in [2.45, 2.75) is 19.4 Å². The molecular formula is C19H16N2O4S. The third-order valence-electron chi connectivity index (χ3n) is 4.06. The lowest BCUT2D eigenvalue weighted by Crippen LogP contribution is -2.15. The lowest BCUT2D eigenvalue weighted by atomic mass is 10.0. The van der Waals surface area contributed by atoms with Crippen molar-refractivity contribution in [1.82, 2.24) is 4.98 Å². The van der Waals surface area contributed by atoms with E-state index in [0.29, 0.717) is 17.3 Å². The third kappa shape index (κ3) is 3.13. The first-order chi connectivity index (χ1) is 12.6. The van der Waals surface area contributed by atoms with Crippen LogP contribution in [0.15, 0.2) is 42.5 Å². The summed E-state index contributed by atoms with van der Waals surface area (Å²) < 4.78 is 11.7. The quantitative estimate of drug-likeness (QED) is 0.690. The predicted octanol–water partition coefficient (Wildman–Crippen LogP) is 3.94. The Kier molecular flexibility index (Phi) is 4.30. The van der Waals surface area contributed by atoms with Crippen LogP contribution in [0.2, 0.25) is 0 Å². The van der Waals surface area contributed by atoms with Gasteiger partial charge >= 0.3 is 5.97 Å². The number of hydrogen-bond donors (Lipinski definition) is 1. The number of nitrogens with zero attached hydrogens (tertiary/aromatic N) is 1. The maximum Gasteiger partial charge on any atom is 0.339 e. The second kappa shape index (κ2) is 6.76. The minimum Gasteiger partial charge on any atom is -0.494 e. The molecule has 1 aliphatic rings. The van der Waals surface area contributed by atoms with Crippen molar-refractivity contribution in [3.63, 3.8) is 0 Å². The highest BCUT2D eigenvalue weighted by Gasteiger charge is 2.32. The smallest absolute Gasteiger partial charge is 0.339 e. The van der Waals surface area contributed by atoms with Crippen molar-refractivity contribution in [2.75, 3.05) is 11.9 Å². The molecule has 1 N–H and O–H groups in total. The molecule has 3 aromatic rings. The van der Waals surface area contributed by atoms with E-state index in [9.17, 15) is 9.59 Å². The Labute approximate surface area is 153 Å². The van der Waals surface area contributed by atoms with Gasteiger partial charge in [0.25, 0.3) is 0 Å². The van der Waals surface area contributed by atoms with E-state index < -0.39 is 6.10 Å². The molecule has 0 saturated carbocycles. The number of amides is 1. The third-order valence-corrected chi connectivity index (χ3v) is 5.00. The molecule has 0 bridgehead atoms. The molecule has 2 aromatic carbocycles. The highest BCUT2D eigenvalue weighted by molar-refractivity contribution is 7.22. The van der Waals surface area contributed by atoms with Crippen molar-refractivity contribution >= 4 is 38.6 Å². The number of carbonyl (C=O) groups is 2. The molecule has 0 aliphatic carbocycles. The molecule has 7 heteroatoms. The minimum atomic E-state index is -0.558. The summed E-state index contributed by atoms with van der Waals surface area (Å²) in [4.78, 5) is 28.6. The Hall–Kier alpha value is -2.93. The van der Waals surface area contributed by atoms with E-state index in [1.165, 1.54) is 11.3 Å². The van der Waals surface area contributed by atoms with Gasteiger partial charge in [0.2, 0.25) is 5.91 Å². The van der Waals surface area contributed by atoms with Gasteiger partial charge in [-0.15, -0.1) is 0 Å². The van der Waals surface area contributed by atoms with Gasteiger partial charge in [-0.3, -0.25) is 4.79 Å². The zero-order valence-electron chi connectivity index (χ0n) is 14.0. The summed E-state index contributed by atoms with van der Waals surface area (Å²) in [5, 5.41) is 3.30. The van der Waals surface area contributed by atoms with Gasteiger partial charge in [0.15, 0.2) is 5.13 Å². The maximum atomic E-state index is 12.4.